The maximum Gasteiger partial charge on any atom is 0.457 e. The minimum atomic E-state index is -4.37. The Kier molecular flexibility index (Phi) is 12.0. The number of alkyl carbamates (subject to hydrolysis) is 1. The van der Waals surface area contributed by atoms with Crippen LogP contribution in [0.1, 0.15) is 56.1 Å². The summed E-state index contributed by atoms with van der Waals surface area (Å²) in [7, 11) is -4.37. The quantitative estimate of drug-likeness (QED) is 0.0681. The van der Waals surface area contributed by atoms with Crippen LogP contribution < -0.4 is 25.4 Å². The average molecular weight is 726 g/mol. The molecule has 272 valence electrons. The lowest BCUT2D eigenvalue weighted by atomic mass is 10.0. The third-order valence-corrected chi connectivity index (χ3v) is 10.2. The fraction of sp³-hybridized carbons (Fsp3) is 0.282. The number of carbonyl (C=O) groups is 3. The molecule has 1 fully saturated rings. The molecule has 0 saturated carbocycles. The second-order valence-corrected chi connectivity index (χ2v) is 15.3. The molecule has 4 aromatic rings. The van der Waals surface area contributed by atoms with Gasteiger partial charge in [-0.1, -0.05) is 91.0 Å². The third kappa shape index (κ3) is 10.0. The number of benzene rings is 4. The van der Waals surface area contributed by atoms with Crippen molar-refractivity contribution in [2.45, 2.75) is 63.5 Å². The molecule has 3 atom stereocenters. The molecule has 1 aliphatic rings. The van der Waals surface area contributed by atoms with E-state index >= 15 is 4.57 Å². The number of nitrogens with zero attached hydrogens (tertiary/aromatic N) is 1. The number of para-hydroxylation sites is 2. The van der Waals surface area contributed by atoms with E-state index in [0.29, 0.717) is 24.0 Å². The van der Waals surface area contributed by atoms with E-state index in [4.69, 9.17) is 24.9 Å². The first-order valence-electron chi connectivity index (χ1n) is 17.0. The summed E-state index contributed by atoms with van der Waals surface area (Å²) in [6.07, 6.45) is 0.250. The van der Waals surface area contributed by atoms with Crippen molar-refractivity contribution in [3.63, 3.8) is 0 Å². The van der Waals surface area contributed by atoms with Crippen LogP contribution in [0.5, 0.6) is 11.5 Å². The van der Waals surface area contributed by atoms with Gasteiger partial charge in [0.2, 0.25) is 11.8 Å². The molecule has 4 aromatic carbocycles. The van der Waals surface area contributed by atoms with E-state index < -0.39 is 49.0 Å². The zero-order valence-electron chi connectivity index (χ0n) is 29.4. The fourth-order valence-corrected chi connectivity index (χ4v) is 7.71. The van der Waals surface area contributed by atoms with Crippen molar-refractivity contribution in [2.24, 2.45) is 5.73 Å². The number of rotatable bonds is 13. The largest absolute Gasteiger partial charge is 0.457 e. The summed E-state index contributed by atoms with van der Waals surface area (Å²) in [5.41, 5.74) is 6.50. The van der Waals surface area contributed by atoms with Crippen LogP contribution >= 0.6 is 7.60 Å². The zero-order chi connectivity index (χ0) is 37.3. The van der Waals surface area contributed by atoms with Gasteiger partial charge in [-0.05, 0) is 69.0 Å². The standard InChI is InChI=1S/C39H44N5O7P/c1-39(2,3)49-38(47)42-32(26-27-14-7-4-8-15-27)37(46)44-25-13-20-33(44)35(45)43-36(29-23-21-28(22-24-29)34(40)41)52(48,50-30-16-9-5-10-17-30)51-31-18-11-6-12-19-31/h4-12,14-19,21-24,32-33,36H,13,20,25-26H2,1-3H3,(H3,40,41)(H,42,47)(H,43,45)/t32-,33-,36?/m0/s1. The highest BCUT2D eigenvalue weighted by Crippen LogP contribution is 2.59. The molecule has 5 rings (SSSR count). The van der Waals surface area contributed by atoms with Gasteiger partial charge in [-0.25, -0.2) is 9.36 Å². The first kappa shape index (κ1) is 37.6. The Morgan fingerprint density at radius 1 is 0.846 bits per heavy atom. The lowest BCUT2D eigenvalue weighted by molar-refractivity contribution is -0.140. The van der Waals surface area contributed by atoms with E-state index in [-0.39, 0.29) is 30.3 Å². The van der Waals surface area contributed by atoms with Crippen LogP contribution in [-0.2, 0) is 25.3 Å². The number of hydrogen-bond acceptors (Lipinski definition) is 8. The first-order chi connectivity index (χ1) is 24.8. The highest BCUT2D eigenvalue weighted by Gasteiger charge is 2.45. The number of carbonyl (C=O) groups excluding carboxylic acids is 3. The summed E-state index contributed by atoms with van der Waals surface area (Å²) in [6, 6.07) is 30.5. The number of nitrogens with two attached hydrogens (primary N) is 1. The average Bonchev–Trinajstić information content (AvgIpc) is 3.61. The van der Waals surface area contributed by atoms with E-state index in [9.17, 15) is 14.4 Å². The Balaban J connectivity index is 1.48. The van der Waals surface area contributed by atoms with E-state index in [1.54, 1.807) is 106 Å². The molecular weight excluding hydrogens is 681 g/mol. The first-order valence-corrected chi connectivity index (χ1v) is 18.6. The van der Waals surface area contributed by atoms with Gasteiger partial charge < -0.3 is 35.1 Å². The monoisotopic (exact) mass is 725 g/mol. The third-order valence-electron chi connectivity index (χ3n) is 8.19. The maximum absolute atomic E-state index is 15.1. The molecule has 0 spiro atoms. The van der Waals surface area contributed by atoms with Crippen molar-refractivity contribution in [1.82, 2.24) is 15.5 Å². The topological polar surface area (TPSA) is 173 Å². The molecule has 1 heterocycles. The van der Waals surface area contributed by atoms with Crippen molar-refractivity contribution in [2.75, 3.05) is 6.54 Å². The Hall–Kier alpha value is -5.61. The van der Waals surface area contributed by atoms with Crippen LogP contribution in [0.25, 0.3) is 0 Å². The van der Waals surface area contributed by atoms with E-state index in [1.807, 2.05) is 30.3 Å². The van der Waals surface area contributed by atoms with Crippen molar-refractivity contribution < 1.29 is 32.7 Å². The van der Waals surface area contributed by atoms with Gasteiger partial charge in [0.15, 0.2) is 5.78 Å². The Morgan fingerprint density at radius 3 is 1.90 bits per heavy atom. The second kappa shape index (κ2) is 16.6. The van der Waals surface area contributed by atoms with Crippen molar-refractivity contribution in [3.8, 4) is 11.5 Å². The molecule has 1 saturated heterocycles. The van der Waals surface area contributed by atoms with Gasteiger partial charge in [0.05, 0.1) is 0 Å². The zero-order valence-corrected chi connectivity index (χ0v) is 30.3. The molecule has 0 radical (unpaired) electrons. The number of nitrogen functional groups attached to an aromatic ring is 1. The van der Waals surface area contributed by atoms with Gasteiger partial charge >= 0.3 is 13.7 Å². The lowest BCUT2D eigenvalue weighted by Crippen LogP contribution is -2.55. The molecule has 0 aromatic heterocycles. The van der Waals surface area contributed by atoms with Gasteiger partial charge in [0.1, 0.15) is 35.0 Å². The number of likely N-dealkylation sites (tertiary alicyclic amines) is 1. The van der Waals surface area contributed by atoms with Crippen molar-refractivity contribution >= 4 is 31.3 Å². The fourth-order valence-electron chi connectivity index (χ4n) is 5.80. The normalized spacial score (nSPS) is 15.5. The van der Waals surface area contributed by atoms with Gasteiger partial charge in [-0.2, -0.15) is 0 Å². The number of ether oxygens (including phenoxy) is 1. The van der Waals surface area contributed by atoms with Crippen LogP contribution in [0.3, 0.4) is 0 Å². The molecule has 52 heavy (non-hydrogen) atoms. The van der Waals surface area contributed by atoms with Crippen molar-refractivity contribution in [3.05, 3.63) is 132 Å². The Bertz CT molecular complexity index is 1840. The van der Waals surface area contributed by atoms with Crippen LogP contribution in [-0.4, -0.2) is 52.9 Å². The molecular formula is C39H44N5O7P. The van der Waals surface area contributed by atoms with Crippen LogP contribution in [0.2, 0.25) is 0 Å². The van der Waals surface area contributed by atoms with Gasteiger partial charge in [0.25, 0.3) is 0 Å². The molecule has 13 heteroatoms. The summed E-state index contributed by atoms with van der Waals surface area (Å²) < 4.78 is 32.9. The minimum absolute atomic E-state index is 0.165. The lowest BCUT2D eigenvalue weighted by Gasteiger charge is -2.32. The number of hydrogen-bond donors (Lipinski definition) is 4. The van der Waals surface area contributed by atoms with E-state index in [2.05, 4.69) is 10.6 Å². The highest BCUT2D eigenvalue weighted by atomic mass is 31.2. The second-order valence-electron chi connectivity index (χ2n) is 13.4. The van der Waals surface area contributed by atoms with Gasteiger partial charge in [-0.3, -0.25) is 15.0 Å². The molecule has 3 amide bonds. The smallest absolute Gasteiger partial charge is 0.444 e. The van der Waals surface area contributed by atoms with Crippen LogP contribution in [0.4, 0.5) is 4.79 Å². The number of amidine groups is 1. The van der Waals surface area contributed by atoms with E-state index in [1.165, 1.54) is 4.90 Å². The highest BCUT2D eigenvalue weighted by molar-refractivity contribution is 7.55. The molecule has 1 unspecified atom stereocenters. The van der Waals surface area contributed by atoms with E-state index in [0.717, 1.165) is 5.56 Å². The summed E-state index contributed by atoms with van der Waals surface area (Å²) in [5, 5.41) is 13.5. The van der Waals surface area contributed by atoms with Crippen molar-refractivity contribution in [1.29, 1.82) is 5.41 Å². The molecule has 1 aliphatic heterocycles. The SMILES string of the molecule is CC(C)(C)OC(=O)N[C@@H](Cc1ccccc1)C(=O)N1CCC[C@H]1C(=O)NC(c1ccc(C(=N)N)cc1)P(=O)(Oc1ccccc1)Oc1ccccc1. The predicted molar refractivity (Wildman–Crippen MR) is 198 cm³/mol. The summed E-state index contributed by atoms with van der Waals surface area (Å²) in [4.78, 5) is 43.0. The van der Waals surface area contributed by atoms with Gasteiger partial charge in [-0.15, -0.1) is 0 Å². The van der Waals surface area contributed by atoms with Gasteiger partial charge in [0, 0.05) is 18.5 Å². The molecule has 0 bridgehead atoms. The molecule has 5 N–H and O–H groups in total. The predicted octanol–water partition coefficient (Wildman–Crippen LogP) is 6.56. The molecule has 0 aliphatic carbocycles. The number of amides is 3. The minimum Gasteiger partial charge on any atom is -0.444 e. The maximum atomic E-state index is 15.1. The summed E-state index contributed by atoms with van der Waals surface area (Å²) in [5.74, 6) is -2.08. The molecule has 12 nitrogen and oxygen atoms in total. The summed E-state index contributed by atoms with van der Waals surface area (Å²) >= 11 is 0. The Labute approximate surface area is 303 Å². The number of nitrogens with one attached hydrogen (secondary N) is 3. The Morgan fingerprint density at radius 2 is 1.38 bits per heavy atom. The summed E-state index contributed by atoms with van der Waals surface area (Å²) in [6.45, 7) is 5.45. The van der Waals surface area contributed by atoms with Crippen LogP contribution in [0, 0.1) is 5.41 Å². The van der Waals surface area contributed by atoms with Crippen LogP contribution in [0.15, 0.2) is 115 Å².